The zero-order valence-electron chi connectivity index (χ0n) is 13.7. The second-order valence-corrected chi connectivity index (χ2v) is 6.67. The van der Waals surface area contributed by atoms with Crippen molar-refractivity contribution in [3.8, 4) is 0 Å². The first-order valence-electron chi connectivity index (χ1n) is 7.72. The number of hydrogen-bond acceptors (Lipinski definition) is 3. The number of amides is 2. The number of hydrazone groups is 1. The highest BCUT2D eigenvalue weighted by molar-refractivity contribution is 6.48. The molecule has 0 saturated carbocycles. The Labute approximate surface area is 169 Å². The number of benzene rings is 3. The lowest BCUT2D eigenvalue weighted by molar-refractivity contribution is -0.136. The van der Waals surface area contributed by atoms with E-state index in [1.54, 1.807) is 0 Å². The van der Waals surface area contributed by atoms with Crippen LogP contribution >= 0.6 is 34.8 Å². The summed E-state index contributed by atoms with van der Waals surface area (Å²) in [4.78, 5) is 23.9. The average molecular weight is 421 g/mol. The molecule has 136 valence electrons. The van der Waals surface area contributed by atoms with Gasteiger partial charge in [0.2, 0.25) is 0 Å². The van der Waals surface area contributed by atoms with E-state index >= 15 is 0 Å². The minimum Gasteiger partial charge on any atom is -0.318 e. The molecule has 3 aromatic rings. The SMILES string of the molecule is O=C(N/N=C\c1cccc2ccccc12)C(=O)Nc1cc(Cl)c(Cl)c(Cl)c1. The zero-order valence-corrected chi connectivity index (χ0v) is 15.9. The van der Waals surface area contributed by atoms with Gasteiger partial charge in [0.1, 0.15) is 0 Å². The van der Waals surface area contributed by atoms with E-state index in [-0.39, 0.29) is 20.8 Å². The van der Waals surface area contributed by atoms with Crippen LogP contribution in [0.3, 0.4) is 0 Å². The minimum absolute atomic E-state index is 0.161. The van der Waals surface area contributed by atoms with E-state index < -0.39 is 11.8 Å². The number of anilines is 1. The van der Waals surface area contributed by atoms with Gasteiger partial charge in [-0.25, -0.2) is 5.43 Å². The van der Waals surface area contributed by atoms with Gasteiger partial charge in [0, 0.05) is 11.3 Å². The highest BCUT2D eigenvalue weighted by Gasteiger charge is 2.15. The quantitative estimate of drug-likeness (QED) is 0.274. The Morgan fingerprint density at radius 3 is 2.30 bits per heavy atom. The first kappa shape index (κ1) is 19.2. The molecule has 3 rings (SSSR count). The summed E-state index contributed by atoms with van der Waals surface area (Å²) in [6.45, 7) is 0. The summed E-state index contributed by atoms with van der Waals surface area (Å²) in [6, 6.07) is 16.3. The topological polar surface area (TPSA) is 70.6 Å². The molecule has 2 N–H and O–H groups in total. The fraction of sp³-hybridized carbons (Fsp3) is 0. The molecule has 0 radical (unpaired) electrons. The van der Waals surface area contributed by atoms with Crippen LogP contribution in [-0.4, -0.2) is 18.0 Å². The molecule has 0 aliphatic carbocycles. The molecule has 0 aliphatic rings. The molecule has 0 saturated heterocycles. The van der Waals surface area contributed by atoms with Gasteiger partial charge in [0.05, 0.1) is 21.3 Å². The lowest BCUT2D eigenvalue weighted by atomic mass is 10.1. The molecule has 0 heterocycles. The molecule has 0 unspecified atom stereocenters. The predicted octanol–water partition coefficient (Wildman–Crippen LogP) is 4.89. The van der Waals surface area contributed by atoms with Crippen molar-refractivity contribution in [3.05, 3.63) is 75.2 Å². The summed E-state index contributed by atoms with van der Waals surface area (Å²) in [5.41, 5.74) is 3.24. The van der Waals surface area contributed by atoms with Crippen LogP contribution in [-0.2, 0) is 9.59 Å². The summed E-state index contributed by atoms with van der Waals surface area (Å²) < 4.78 is 0. The van der Waals surface area contributed by atoms with Gasteiger partial charge in [-0.2, -0.15) is 5.10 Å². The van der Waals surface area contributed by atoms with Crippen LogP contribution in [0, 0.1) is 0 Å². The zero-order chi connectivity index (χ0) is 19.4. The Hall–Kier alpha value is -2.60. The van der Waals surface area contributed by atoms with E-state index in [2.05, 4.69) is 15.8 Å². The van der Waals surface area contributed by atoms with Crippen LogP contribution < -0.4 is 10.7 Å². The van der Waals surface area contributed by atoms with Gasteiger partial charge in [-0.05, 0) is 22.9 Å². The molecule has 0 aliphatic heterocycles. The van der Waals surface area contributed by atoms with Crippen LogP contribution in [0.2, 0.25) is 15.1 Å². The van der Waals surface area contributed by atoms with Crippen molar-refractivity contribution in [1.29, 1.82) is 0 Å². The molecule has 5 nitrogen and oxygen atoms in total. The van der Waals surface area contributed by atoms with Crippen molar-refractivity contribution in [1.82, 2.24) is 5.43 Å². The monoisotopic (exact) mass is 419 g/mol. The number of nitrogens with one attached hydrogen (secondary N) is 2. The molecule has 0 fully saturated rings. The van der Waals surface area contributed by atoms with Crippen molar-refractivity contribution in [2.45, 2.75) is 0 Å². The van der Waals surface area contributed by atoms with Crippen molar-refractivity contribution in [3.63, 3.8) is 0 Å². The molecular formula is C19H12Cl3N3O2. The summed E-state index contributed by atoms with van der Waals surface area (Å²) in [6.07, 6.45) is 1.48. The third kappa shape index (κ3) is 4.57. The van der Waals surface area contributed by atoms with Gasteiger partial charge in [0.15, 0.2) is 0 Å². The fourth-order valence-electron chi connectivity index (χ4n) is 2.39. The number of nitrogens with zero attached hydrogens (tertiary/aromatic N) is 1. The van der Waals surface area contributed by atoms with Crippen LogP contribution in [0.5, 0.6) is 0 Å². The van der Waals surface area contributed by atoms with Crippen molar-refractivity contribution in [2.75, 3.05) is 5.32 Å². The summed E-state index contributed by atoms with van der Waals surface area (Å²) in [5.74, 6) is -1.85. The molecule has 0 spiro atoms. The minimum atomic E-state index is -0.936. The van der Waals surface area contributed by atoms with Gasteiger partial charge in [-0.3, -0.25) is 9.59 Å². The Morgan fingerprint density at radius 2 is 1.56 bits per heavy atom. The van der Waals surface area contributed by atoms with E-state index in [0.717, 1.165) is 16.3 Å². The van der Waals surface area contributed by atoms with Crippen molar-refractivity contribution < 1.29 is 9.59 Å². The molecule has 0 atom stereocenters. The van der Waals surface area contributed by atoms with Gasteiger partial charge in [-0.1, -0.05) is 77.3 Å². The van der Waals surface area contributed by atoms with E-state index in [0.29, 0.717) is 0 Å². The Kier molecular flexibility index (Phi) is 5.96. The molecular weight excluding hydrogens is 409 g/mol. The number of carbonyl (C=O) groups is 2. The number of halogens is 3. The third-order valence-corrected chi connectivity index (χ3v) is 4.84. The largest absolute Gasteiger partial charge is 0.329 e. The number of fused-ring (bicyclic) bond motifs is 1. The highest BCUT2D eigenvalue weighted by atomic mass is 35.5. The average Bonchev–Trinajstić information content (AvgIpc) is 2.66. The van der Waals surface area contributed by atoms with Crippen molar-refractivity contribution in [2.24, 2.45) is 5.10 Å². The highest BCUT2D eigenvalue weighted by Crippen LogP contribution is 2.33. The van der Waals surface area contributed by atoms with Crippen LogP contribution in [0.15, 0.2) is 59.7 Å². The fourth-order valence-corrected chi connectivity index (χ4v) is 2.99. The number of carbonyl (C=O) groups excluding carboxylic acids is 2. The molecule has 2 amide bonds. The van der Waals surface area contributed by atoms with Crippen LogP contribution in [0.4, 0.5) is 5.69 Å². The van der Waals surface area contributed by atoms with E-state index in [1.807, 2.05) is 42.5 Å². The molecule has 0 bridgehead atoms. The van der Waals surface area contributed by atoms with Crippen LogP contribution in [0.1, 0.15) is 5.56 Å². The molecule has 3 aromatic carbocycles. The van der Waals surface area contributed by atoms with E-state index in [4.69, 9.17) is 34.8 Å². The van der Waals surface area contributed by atoms with Gasteiger partial charge < -0.3 is 5.32 Å². The Balaban J connectivity index is 1.66. The van der Waals surface area contributed by atoms with Crippen molar-refractivity contribution >= 4 is 69.3 Å². The maximum Gasteiger partial charge on any atom is 0.329 e. The molecule has 8 heteroatoms. The van der Waals surface area contributed by atoms with Crippen LogP contribution in [0.25, 0.3) is 10.8 Å². The maximum absolute atomic E-state index is 12.0. The normalized spacial score (nSPS) is 10.9. The van der Waals surface area contributed by atoms with Gasteiger partial charge >= 0.3 is 11.8 Å². The predicted molar refractivity (Wildman–Crippen MR) is 110 cm³/mol. The second-order valence-electron chi connectivity index (χ2n) is 5.48. The van der Waals surface area contributed by atoms with Gasteiger partial charge in [-0.15, -0.1) is 0 Å². The standard InChI is InChI=1S/C19H12Cl3N3O2/c20-15-8-13(9-16(21)17(15)22)24-18(26)19(27)25-23-10-12-6-3-5-11-4-1-2-7-14(11)12/h1-10H,(H,24,26)(H,25,27)/b23-10-. The second kappa shape index (κ2) is 8.39. The number of hydrogen-bond donors (Lipinski definition) is 2. The Morgan fingerprint density at radius 1 is 0.889 bits per heavy atom. The third-order valence-electron chi connectivity index (χ3n) is 3.64. The van der Waals surface area contributed by atoms with Gasteiger partial charge in [0.25, 0.3) is 0 Å². The molecule has 27 heavy (non-hydrogen) atoms. The summed E-state index contributed by atoms with van der Waals surface area (Å²) >= 11 is 17.6. The molecule has 0 aromatic heterocycles. The number of rotatable bonds is 3. The first-order chi connectivity index (χ1) is 13.0. The maximum atomic E-state index is 12.0. The Bertz CT molecular complexity index is 1040. The summed E-state index contributed by atoms with van der Waals surface area (Å²) in [5, 5.41) is 8.73. The smallest absolute Gasteiger partial charge is 0.318 e. The van der Waals surface area contributed by atoms with E-state index in [9.17, 15) is 9.59 Å². The first-order valence-corrected chi connectivity index (χ1v) is 8.86. The lowest BCUT2D eigenvalue weighted by Gasteiger charge is -2.07. The van der Waals surface area contributed by atoms with E-state index in [1.165, 1.54) is 18.3 Å². The lowest BCUT2D eigenvalue weighted by Crippen LogP contribution is -2.32. The summed E-state index contributed by atoms with van der Waals surface area (Å²) in [7, 11) is 0.